The summed E-state index contributed by atoms with van der Waals surface area (Å²) in [6.45, 7) is 0. The summed E-state index contributed by atoms with van der Waals surface area (Å²) in [7, 11) is 4.65. The van der Waals surface area contributed by atoms with Crippen LogP contribution in [0.3, 0.4) is 0 Å². The fourth-order valence-corrected chi connectivity index (χ4v) is 0.563. The Labute approximate surface area is 71.9 Å². The van der Waals surface area contributed by atoms with Crippen LogP contribution in [0.25, 0.3) is 0 Å². The Kier molecular flexibility index (Phi) is 6.11. The number of hydrogen-bond donors (Lipinski definition) is 4. The average Bonchev–Trinajstić information content (AvgIpc) is 2.03. The molecular weight excluding hydrogens is 162 g/mol. The highest BCUT2D eigenvalue weighted by atomic mass is 16.7. The van der Waals surface area contributed by atoms with Crippen LogP contribution in [0.2, 0.25) is 0 Å². The third-order valence-electron chi connectivity index (χ3n) is 1.27. The molecule has 0 saturated heterocycles. The van der Waals surface area contributed by atoms with E-state index in [-0.39, 0.29) is 0 Å². The summed E-state index contributed by atoms with van der Waals surface area (Å²) in [6.07, 6.45) is -1.03. The minimum atomic E-state index is -0.539. The van der Waals surface area contributed by atoms with Crippen molar-refractivity contribution in [1.82, 2.24) is 15.9 Å². The van der Waals surface area contributed by atoms with Crippen LogP contribution in [-0.2, 0) is 9.68 Å². The zero-order valence-electron chi connectivity index (χ0n) is 7.57. The Hall–Kier alpha value is -0.280. The lowest BCUT2D eigenvalue weighted by atomic mass is 10.7. The summed E-state index contributed by atoms with van der Waals surface area (Å²) in [4.78, 5) is 9.38. The minimum absolute atomic E-state index is 0.493. The zero-order valence-corrected chi connectivity index (χ0v) is 7.57. The number of nitrogens with one attached hydrogen (secondary N) is 2. The van der Waals surface area contributed by atoms with Crippen LogP contribution in [0.1, 0.15) is 0 Å². The second-order valence-electron chi connectivity index (χ2n) is 2.14. The lowest BCUT2D eigenvalue weighted by Gasteiger charge is -2.25. The second-order valence-corrected chi connectivity index (χ2v) is 2.14. The molecule has 74 valence electrons. The van der Waals surface area contributed by atoms with Gasteiger partial charge in [-0.15, -0.1) is 0 Å². The first-order valence-electron chi connectivity index (χ1n) is 3.44. The topological polar surface area (TPSA) is 97.8 Å². The normalized spacial score (nSPS) is 16.5. The molecule has 0 aliphatic rings. The highest BCUT2D eigenvalue weighted by Gasteiger charge is 2.11. The molecule has 0 saturated carbocycles. The Balaban J connectivity index is 3.59. The number of hydrogen-bond acceptors (Lipinski definition) is 7. The van der Waals surface area contributed by atoms with Gasteiger partial charge in [0.05, 0.1) is 14.2 Å². The lowest BCUT2D eigenvalue weighted by Crippen LogP contribution is -2.60. The molecule has 7 heteroatoms. The van der Waals surface area contributed by atoms with Gasteiger partial charge in [-0.2, -0.15) is 10.5 Å². The van der Waals surface area contributed by atoms with E-state index < -0.39 is 12.6 Å². The van der Waals surface area contributed by atoms with Gasteiger partial charge in [0.25, 0.3) is 0 Å². The molecule has 0 fully saturated rings. The van der Waals surface area contributed by atoms with Gasteiger partial charge in [-0.25, -0.2) is 0 Å². The van der Waals surface area contributed by atoms with E-state index in [9.17, 15) is 0 Å². The molecular formula is C5H17N5O2. The van der Waals surface area contributed by atoms with E-state index in [4.69, 9.17) is 16.3 Å². The highest BCUT2D eigenvalue weighted by molar-refractivity contribution is 4.55. The van der Waals surface area contributed by atoms with Crippen LogP contribution in [0.4, 0.5) is 0 Å². The maximum absolute atomic E-state index is 5.57. The van der Waals surface area contributed by atoms with E-state index in [0.717, 1.165) is 0 Å². The molecule has 0 aliphatic carbocycles. The van der Waals surface area contributed by atoms with Gasteiger partial charge >= 0.3 is 0 Å². The second kappa shape index (κ2) is 6.26. The van der Waals surface area contributed by atoms with Crippen molar-refractivity contribution in [2.24, 2.45) is 11.5 Å². The lowest BCUT2D eigenvalue weighted by molar-refractivity contribution is -0.152. The molecule has 0 aliphatic heterocycles. The first-order valence-corrected chi connectivity index (χ1v) is 3.44. The molecule has 0 amide bonds. The summed E-state index contributed by atoms with van der Waals surface area (Å²) < 4.78 is 0. The molecule has 6 N–H and O–H groups in total. The highest BCUT2D eigenvalue weighted by Crippen LogP contribution is 1.83. The maximum Gasteiger partial charge on any atom is 0.136 e. The van der Waals surface area contributed by atoms with E-state index in [1.165, 1.54) is 19.3 Å². The van der Waals surface area contributed by atoms with E-state index >= 15 is 0 Å². The van der Waals surface area contributed by atoms with Crippen molar-refractivity contribution < 1.29 is 9.68 Å². The Bertz CT molecular complexity index is 114. The standard InChI is InChI=1S/C5H17N5O2/c1-10(12-3)5(7)8-4(6)9-11-2/h4-5,8-9H,6-7H2,1-3H3. The van der Waals surface area contributed by atoms with Crippen LogP contribution in [0.5, 0.6) is 0 Å². The van der Waals surface area contributed by atoms with Crippen LogP contribution >= 0.6 is 0 Å². The molecule has 0 radical (unpaired) electrons. The quantitative estimate of drug-likeness (QED) is 0.269. The summed E-state index contributed by atoms with van der Waals surface area (Å²) in [5.74, 6) is 0. The Morgan fingerprint density at radius 1 is 1.33 bits per heavy atom. The van der Waals surface area contributed by atoms with Crippen LogP contribution < -0.4 is 22.3 Å². The van der Waals surface area contributed by atoms with Crippen molar-refractivity contribution in [2.75, 3.05) is 21.3 Å². The molecule has 0 aromatic heterocycles. The molecule has 0 bridgehead atoms. The molecule has 12 heavy (non-hydrogen) atoms. The molecule has 0 rings (SSSR count). The summed E-state index contributed by atoms with van der Waals surface area (Å²) in [5, 5.41) is 4.17. The summed E-state index contributed by atoms with van der Waals surface area (Å²) in [5.41, 5.74) is 13.5. The van der Waals surface area contributed by atoms with Gasteiger partial charge in [0.15, 0.2) is 0 Å². The maximum atomic E-state index is 5.57. The van der Waals surface area contributed by atoms with E-state index in [0.29, 0.717) is 0 Å². The van der Waals surface area contributed by atoms with Crippen molar-refractivity contribution in [1.29, 1.82) is 0 Å². The fraction of sp³-hybridized carbons (Fsp3) is 1.00. The smallest absolute Gasteiger partial charge is 0.136 e. The molecule has 0 spiro atoms. The average molecular weight is 179 g/mol. The minimum Gasteiger partial charge on any atom is -0.302 e. The SMILES string of the molecule is CONC(N)NC(N)N(C)OC. The van der Waals surface area contributed by atoms with Gasteiger partial charge in [0.1, 0.15) is 12.6 Å². The van der Waals surface area contributed by atoms with E-state index in [1.54, 1.807) is 7.05 Å². The Morgan fingerprint density at radius 2 is 1.92 bits per heavy atom. The number of hydroxylamine groups is 3. The first kappa shape index (κ1) is 11.7. The van der Waals surface area contributed by atoms with Crippen molar-refractivity contribution >= 4 is 0 Å². The van der Waals surface area contributed by atoms with Crippen molar-refractivity contribution in [3.8, 4) is 0 Å². The Morgan fingerprint density at radius 3 is 2.33 bits per heavy atom. The number of nitrogens with zero attached hydrogens (tertiary/aromatic N) is 1. The molecule has 0 aromatic carbocycles. The molecule has 0 aromatic rings. The largest absolute Gasteiger partial charge is 0.302 e. The monoisotopic (exact) mass is 179 g/mol. The third kappa shape index (κ3) is 4.57. The first-order chi connectivity index (χ1) is 5.61. The number of nitrogens with two attached hydrogens (primary N) is 2. The molecule has 7 nitrogen and oxygen atoms in total. The predicted molar refractivity (Wildman–Crippen MR) is 44.0 cm³/mol. The van der Waals surface area contributed by atoms with Gasteiger partial charge in [0.2, 0.25) is 0 Å². The third-order valence-corrected chi connectivity index (χ3v) is 1.27. The van der Waals surface area contributed by atoms with Crippen molar-refractivity contribution in [3.05, 3.63) is 0 Å². The van der Waals surface area contributed by atoms with Gasteiger partial charge in [-0.3, -0.25) is 10.2 Å². The van der Waals surface area contributed by atoms with Gasteiger partial charge in [0, 0.05) is 7.05 Å². The molecule has 2 atom stereocenters. The zero-order chi connectivity index (χ0) is 9.56. The molecule has 2 unspecified atom stereocenters. The summed E-state index contributed by atoms with van der Waals surface area (Å²) in [6, 6.07) is 0. The van der Waals surface area contributed by atoms with Gasteiger partial charge < -0.3 is 16.3 Å². The van der Waals surface area contributed by atoms with E-state index in [1.807, 2.05) is 0 Å². The summed E-state index contributed by atoms with van der Waals surface area (Å²) >= 11 is 0. The van der Waals surface area contributed by atoms with Crippen molar-refractivity contribution in [2.45, 2.75) is 12.6 Å². The van der Waals surface area contributed by atoms with Crippen LogP contribution in [-0.4, -0.2) is 38.9 Å². The number of rotatable bonds is 6. The van der Waals surface area contributed by atoms with Gasteiger partial charge in [-0.05, 0) is 0 Å². The van der Waals surface area contributed by atoms with Crippen molar-refractivity contribution in [3.63, 3.8) is 0 Å². The van der Waals surface area contributed by atoms with Crippen LogP contribution in [0.15, 0.2) is 0 Å². The van der Waals surface area contributed by atoms with E-state index in [2.05, 4.69) is 15.6 Å². The fourth-order valence-electron chi connectivity index (χ4n) is 0.563. The molecule has 0 heterocycles. The predicted octanol–water partition coefficient (Wildman–Crippen LogP) is -2.30. The van der Waals surface area contributed by atoms with Gasteiger partial charge in [-0.1, -0.05) is 0 Å². The van der Waals surface area contributed by atoms with Crippen LogP contribution in [0, 0.1) is 0 Å².